The largest absolute Gasteiger partial charge is 0.348 e. The number of hydrogen-bond acceptors (Lipinski definition) is 3. The fraction of sp³-hybridized carbons (Fsp3) is 0.833. The van der Waals surface area contributed by atoms with Gasteiger partial charge in [-0.15, -0.1) is 0 Å². The highest BCUT2D eigenvalue weighted by Gasteiger charge is 2.20. The summed E-state index contributed by atoms with van der Waals surface area (Å²) >= 11 is 0. The van der Waals surface area contributed by atoms with Crippen LogP contribution in [0.5, 0.6) is 0 Å². The van der Waals surface area contributed by atoms with Crippen molar-refractivity contribution in [2.45, 2.75) is 19.4 Å². The Kier molecular flexibility index (Phi) is 2.19. The number of carbonyl (C=O) groups excluding carboxylic acids is 1. The Hall–Kier alpha value is -0.410. The first-order valence-electron chi connectivity index (χ1n) is 3.06. The minimum Gasteiger partial charge on any atom is -0.348 e. The van der Waals surface area contributed by atoms with Crippen molar-refractivity contribution in [2.75, 3.05) is 13.4 Å². The topological polar surface area (TPSA) is 35.5 Å². The van der Waals surface area contributed by atoms with E-state index in [1.54, 1.807) is 0 Å². The summed E-state index contributed by atoms with van der Waals surface area (Å²) < 4.78 is 9.71. The molecule has 1 unspecified atom stereocenters. The van der Waals surface area contributed by atoms with Crippen LogP contribution in [0.25, 0.3) is 0 Å². The number of rotatable bonds is 1. The summed E-state index contributed by atoms with van der Waals surface area (Å²) in [5, 5.41) is 0. The van der Waals surface area contributed by atoms with E-state index in [2.05, 4.69) is 0 Å². The monoisotopic (exact) mass is 130 g/mol. The third-order valence-electron chi connectivity index (χ3n) is 1.33. The van der Waals surface area contributed by atoms with Gasteiger partial charge in [0.25, 0.3) is 0 Å². The van der Waals surface area contributed by atoms with Crippen LogP contribution in [0, 0.1) is 0 Å². The lowest BCUT2D eigenvalue weighted by molar-refractivity contribution is -0.168. The zero-order valence-electron chi connectivity index (χ0n) is 5.42. The molecule has 0 N–H and O–H groups in total. The molecule has 1 aliphatic heterocycles. The first kappa shape index (κ1) is 6.71. The van der Waals surface area contributed by atoms with E-state index in [0.29, 0.717) is 0 Å². The van der Waals surface area contributed by atoms with Gasteiger partial charge in [0, 0.05) is 0 Å². The van der Waals surface area contributed by atoms with E-state index in [1.807, 2.05) is 6.92 Å². The van der Waals surface area contributed by atoms with Gasteiger partial charge in [-0.05, 0) is 6.42 Å². The minimum absolute atomic E-state index is 0.0590. The summed E-state index contributed by atoms with van der Waals surface area (Å²) in [4.78, 5) is 10.8. The molecule has 0 aromatic heterocycles. The fourth-order valence-corrected chi connectivity index (χ4v) is 0.804. The fourth-order valence-electron chi connectivity index (χ4n) is 0.804. The highest BCUT2D eigenvalue weighted by Crippen LogP contribution is 2.04. The molecule has 0 spiro atoms. The average molecular weight is 130 g/mol. The lowest BCUT2D eigenvalue weighted by Crippen LogP contribution is -2.33. The van der Waals surface area contributed by atoms with Crippen molar-refractivity contribution in [3.8, 4) is 0 Å². The summed E-state index contributed by atoms with van der Waals surface area (Å²) in [6.07, 6.45) is 0.543. The predicted molar refractivity (Wildman–Crippen MR) is 31.0 cm³/mol. The van der Waals surface area contributed by atoms with Gasteiger partial charge in [-0.1, -0.05) is 6.92 Å². The van der Waals surface area contributed by atoms with Crippen molar-refractivity contribution in [1.29, 1.82) is 0 Å². The van der Waals surface area contributed by atoms with Crippen LogP contribution in [0.15, 0.2) is 0 Å². The second-order valence-corrected chi connectivity index (χ2v) is 2.00. The van der Waals surface area contributed by atoms with Crippen LogP contribution in [0.3, 0.4) is 0 Å². The van der Waals surface area contributed by atoms with Crippen molar-refractivity contribution in [2.24, 2.45) is 0 Å². The van der Waals surface area contributed by atoms with E-state index in [0.717, 1.165) is 6.42 Å². The standard InChI is InChI=1S/C6H10O3/c1-2-6-5(7)3-8-4-9-6/h6H,2-4H2,1H3. The summed E-state index contributed by atoms with van der Waals surface area (Å²) in [5.74, 6) is 0.0590. The molecular weight excluding hydrogens is 120 g/mol. The summed E-state index contributed by atoms with van der Waals surface area (Å²) in [6.45, 7) is 2.41. The van der Waals surface area contributed by atoms with Gasteiger partial charge in [-0.25, -0.2) is 0 Å². The predicted octanol–water partition coefficient (Wildman–Crippen LogP) is 0.338. The molecular formula is C6H10O3. The molecule has 1 saturated heterocycles. The SMILES string of the molecule is CCC1OCOCC1=O. The second-order valence-electron chi connectivity index (χ2n) is 2.00. The molecule has 0 aromatic rings. The second kappa shape index (κ2) is 2.94. The van der Waals surface area contributed by atoms with Crippen LogP contribution < -0.4 is 0 Å². The molecule has 0 amide bonds. The average Bonchev–Trinajstić information content (AvgIpc) is 1.89. The van der Waals surface area contributed by atoms with Crippen LogP contribution >= 0.6 is 0 Å². The Morgan fingerprint density at radius 3 is 3.00 bits per heavy atom. The Morgan fingerprint density at radius 1 is 1.78 bits per heavy atom. The highest BCUT2D eigenvalue weighted by atomic mass is 16.7. The van der Waals surface area contributed by atoms with Gasteiger partial charge in [0.15, 0.2) is 5.78 Å². The van der Waals surface area contributed by atoms with Crippen LogP contribution in [-0.2, 0) is 14.3 Å². The van der Waals surface area contributed by atoms with Crippen LogP contribution in [0.2, 0.25) is 0 Å². The molecule has 0 saturated carbocycles. The minimum atomic E-state index is -0.209. The van der Waals surface area contributed by atoms with Gasteiger partial charge >= 0.3 is 0 Å². The molecule has 0 aromatic carbocycles. The molecule has 3 heteroatoms. The Labute approximate surface area is 53.9 Å². The molecule has 0 bridgehead atoms. The first-order valence-corrected chi connectivity index (χ1v) is 3.06. The third kappa shape index (κ3) is 1.50. The summed E-state index contributed by atoms with van der Waals surface area (Å²) in [6, 6.07) is 0. The van der Waals surface area contributed by atoms with Gasteiger partial charge in [0.05, 0.1) is 0 Å². The van der Waals surface area contributed by atoms with E-state index >= 15 is 0 Å². The molecule has 1 atom stereocenters. The molecule has 1 rings (SSSR count). The maximum absolute atomic E-state index is 10.8. The highest BCUT2D eigenvalue weighted by molar-refractivity contribution is 5.84. The Balaban J connectivity index is 2.39. The van der Waals surface area contributed by atoms with E-state index in [1.165, 1.54) is 0 Å². The first-order chi connectivity index (χ1) is 4.34. The van der Waals surface area contributed by atoms with Crippen molar-refractivity contribution >= 4 is 5.78 Å². The summed E-state index contributed by atoms with van der Waals surface area (Å²) in [5.41, 5.74) is 0. The van der Waals surface area contributed by atoms with Crippen molar-refractivity contribution in [3.05, 3.63) is 0 Å². The smallest absolute Gasteiger partial charge is 0.187 e. The molecule has 9 heavy (non-hydrogen) atoms. The maximum atomic E-state index is 10.8. The lowest BCUT2D eigenvalue weighted by Gasteiger charge is -2.19. The van der Waals surface area contributed by atoms with Gasteiger partial charge < -0.3 is 9.47 Å². The molecule has 1 fully saturated rings. The zero-order valence-corrected chi connectivity index (χ0v) is 5.42. The van der Waals surface area contributed by atoms with E-state index in [-0.39, 0.29) is 25.3 Å². The molecule has 1 heterocycles. The Bertz CT molecular complexity index is 111. The van der Waals surface area contributed by atoms with E-state index < -0.39 is 0 Å². The molecule has 52 valence electrons. The number of Topliss-reactive ketones (excluding diaryl/α,β-unsaturated/α-hetero) is 1. The van der Waals surface area contributed by atoms with E-state index in [4.69, 9.17) is 9.47 Å². The number of hydrogen-bond donors (Lipinski definition) is 0. The van der Waals surface area contributed by atoms with E-state index in [9.17, 15) is 4.79 Å². The van der Waals surface area contributed by atoms with Crippen molar-refractivity contribution < 1.29 is 14.3 Å². The van der Waals surface area contributed by atoms with Crippen LogP contribution in [0.4, 0.5) is 0 Å². The van der Waals surface area contributed by atoms with Crippen molar-refractivity contribution in [1.82, 2.24) is 0 Å². The number of ether oxygens (including phenoxy) is 2. The van der Waals surface area contributed by atoms with Crippen LogP contribution in [-0.4, -0.2) is 25.3 Å². The molecule has 1 aliphatic rings. The molecule has 3 nitrogen and oxygen atoms in total. The maximum Gasteiger partial charge on any atom is 0.187 e. The molecule has 0 radical (unpaired) electrons. The van der Waals surface area contributed by atoms with Gasteiger partial charge in [0.1, 0.15) is 19.5 Å². The van der Waals surface area contributed by atoms with Crippen molar-refractivity contribution in [3.63, 3.8) is 0 Å². The van der Waals surface area contributed by atoms with Crippen LogP contribution in [0.1, 0.15) is 13.3 Å². The lowest BCUT2D eigenvalue weighted by atomic mass is 10.2. The van der Waals surface area contributed by atoms with Gasteiger partial charge in [-0.3, -0.25) is 4.79 Å². The zero-order chi connectivity index (χ0) is 6.69. The quantitative estimate of drug-likeness (QED) is 0.513. The molecule has 0 aliphatic carbocycles. The summed E-state index contributed by atoms with van der Waals surface area (Å²) in [7, 11) is 0. The number of carbonyl (C=O) groups is 1. The van der Waals surface area contributed by atoms with Gasteiger partial charge in [-0.2, -0.15) is 0 Å². The Morgan fingerprint density at radius 2 is 2.56 bits per heavy atom. The normalized spacial score (nSPS) is 28.6. The number of ketones is 1. The third-order valence-corrected chi connectivity index (χ3v) is 1.33. The van der Waals surface area contributed by atoms with Gasteiger partial charge in [0.2, 0.25) is 0 Å².